The van der Waals surface area contributed by atoms with Gasteiger partial charge in [-0.25, -0.2) is 0 Å². The Kier molecular flexibility index (Phi) is 4.48. The predicted molar refractivity (Wildman–Crippen MR) is 71.8 cm³/mol. The van der Waals surface area contributed by atoms with Crippen molar-refractivity contribution in [2.75, 3.05) is 19.0 Å². The average molecular weight is 268 g/mol. The number of carbonyl (C=O) groups excluding carboxylic acids is 1. The quantitative estimate of drug-likeness (QED) is 0.851. The smallest absolute Gasteiger partial charge is 0.227 e. The number of aromatic hydroxyl groups is 1. The van der Waals surface area contributed by atoms with Crippen molar-refractivity contribution in [1.29, 1.82) is 0 Å². The van der Waals surface area contributed by atoms with Gasteiger partial charge in [0.15, 0.2) is 0 Å². The summed E-state index contributed by atoms with van der Waals surface area (Å²) in [6.07, 6.45) is 2.40. The largest absolute Gasteiger partial charge is 0.508 e. The topological polar surface area (TPSA) is 40.5 Å². The standard InChI is InChI=1S/C14H18ClNO2/c15-6-4-11-5-7-16(10-11)14(18)9-12-2-1-3-13(17)8-12/h1-3,8,11,17H,4-7,9-10H2. The molecule has 18 heavy (non-hydrogen) atoms. The summed E-state index contributed by atoms with van der Waals surface area (Å²) < 4.78 is 0. The third kappa shape index (κ3) is 3.39. The van der Waals surface area contributed by atoms with Gasteiger partial charge in [0.05, 0.1) is 6.42 Å². The Morgan fingerprint density at radius 3 is 3.06 bits per heavy atom. The molecule has 1 saturated heterocycles. The Morgan fingerprint density at radius 2 is 2.33 bits per heavy atom. The minimum Gasteiger partial charge on any atom is -0.508 e. The van der Waals surface area contributed by atoms with Gasteiger partial charge in [-0.05, 0) is 36.5 Å². The van der Waals surface area contributed by atoms with Crippen molar-refractivity contribution < 1.29 is 9.90 Å². The van der Waals surface area contributed by atoms with Crippen LogP contribution in [0, 0.1) is 5.92 Å². The van der Waals surface area contributed by atoms with E-state index in [2.05, 4.69) is 0 Å². The van der Waals surface area contributed by atoms with Crippen LogP contribution in [-0.4, -0.2) is 34.9 Å². The van der Waals surface area contributed by atoms with Crippen molar-refractivity contribution in [2.45, 2.75) is 19.3 Å². The van der Waals surface area contributed by atoms with Crippen molar-refractivity contribution in [3.8, 4) is 5.75 Å². The second kappa shape index (κ2) is 6.10. The van der Waals surface area contributed by atoms with E-state index in [1.165, 1.54) is 0 Å². The van der Waals surface area contributed by atoms with Gasteiger partial charge >= 0.3 is 0 Å². The Labute approximate surface area is 112 Å². The van der Waals surface area contributed by atoms with Crippen LogP contribution in [0.2, 0.25) is 0 Å². The molecule has 1 aromatic rings. The highest BCUT2D eigenvalue weighted by atomic mass is 35.5. The van der Waals surface area contributed by atoms with Crippen molar-refractivity contribution >= 4 is 17.5 Å². The summed E-state index contributed by atoms with van der Waals surface area (Å²) in [4.78, 5) is 14.0. The minimum absolute atomic E-state index is 0.137. The number of hydrogen-bond acceptors (Lipinski definition) is 2. The Morgan fingerprint density at radius 1 is 1.50 bits per heavy atom. The monoisotopic (exact) mass is 267 g/mol. The molecule has 4 heteroatoms. The summed E-state index contributed by atoms with van der Waals surface area (Å²) in [6.45, 7) is 1.66. The molecule has 1 amide bonds. The highest BCUT2D eigenvalue weighted by Crippen LogP contribution is 2.21. The average Bonchev–Trinajstić information content (AvgIpc) is 2.78. The molecule has 1 aliphatic rings. The first-order valence-electron chi connectivity index (χ1n) is 6.30. The number of nitrogens with zero attached hydrogens (tertiary/aromatic N) is 1. The van der Waals surface area contributed by atoms with Crippen LogP contribution < -0.4 is 0 Å². The molecule has 1 aliphatic heterocycles. The Bertz CT molecular complexity index is 422. The third-order valence-electron chi connectivity index (χ3n) is 3.42. The lowest BCUT2D eigenvalue weighted by molar-refractivity contribution is -0.129. The molecule has 1 fully saturated rings. The SMILES string of the molecule is O=C(Cc1cccc(O)c1)N1CCC(CCCl)C1. The first kappa shape index (κ1) is 13.2. The van der Waals surface area contributed by atoms with Crippen molar-refractivity contribution in [1.82, 2.24) is 4.90 Å². The normalized spacial score (nSPS) is 19.2. The number of carbonyl (C=O) groups is 1. The van der Waals surface area contributed by atoms with E-state index in [0.29, 0.717) is 18.2 Å². The van der Waals surface area contributed by atoms with E-state index in [-0.39, 0.29) is 11.7 Å². The maximum Gasteiger partial charge on any atom is 0.227 e. The number of hydrogen-bond donors (Lipinski definition) is 1. The van der Waals surface area contributed by atoms with Crippen LogP contribution >= 0.6 is 11.6 Å². The lowest BCUT2D eigenvalue weighted by Crippen LogP contribution is -2.30. The number of rotatable bonds is 4. The van der Waals surface area contributed by atoms with Crippen LogP contribution in [0.3, 0.4) is 0 Å². The first-order valence-corrected chi connectivity index (χ1v) is 6.84. The summed E-state index contributed by atoms with van der Waals surface area (Å²) in [7, 11) is 0. The fourth-order valence-electron chi connectivity index (χ4n) is 2.40. The maximum atomic E-state index is 12.1. The number of benzene rings is 1. The van der Waals surface area contributed by atoms with Gasteiger partial charge in [0.2, 0.25) is 5.91 Å². The van der Waals surface area contributed by atoms with E-state index in [4.69, 9.17) is 11.6 Å². The molecule has 3 nitrogen and oxygen atoms in total. The molecular formula is C14H18ClNO2. The van der Waals surface area contributed by atoms with Crippen LogP contribution in [0.4, 0.5) is 0 Å². The maximum absolute atomic E-state index is 12.1. The van der Waals surface area contributed by atoms with Gasteiger partial charge in [-0.15, -0.1) is 11.6 Å². The molecule has 0 bridgehead atoms. The van der Waals surface area contributed by atoms with Gasteiger partial charge < -0.3 is 10.0 Å². The van der Waals surface area contributed by atoms with E-state index in [0.717, 1.165) is 31.5 Å². The van der Waals surface area contributed by atoms with E-state index in [1.807, 2.05) is 11.0 Å². The molecular weight excluding hydrogens is 250 g/mol. The van der Waals surface area contributed by atoms with E-state index >= 15 is 0 Å². The predicted octanol–water partition coefficient (Wildman–Crippen LogP) is 2.41. The number of alkyl halides is 1. The lowest BCUT2D eigenvalue weighted by Gasteiger charge is -2.16. The summed E-state index contributed by atoms with van der Waals surface area (Å²) in [5.41, 5.74) is 0.862. The molecule has 0 spiro atoms. The van der Waals surface area contributed by atoms with Gasteiger partial charge in [0, 0.05) is 19.0 Å². The fourth-order valence-corrected chi connectivity index (χ4v) is 2.71. The fraction of sp³-hybridized carbons (Fsp3) is 0.500. The Hall–Kier alpha value is -1.22. The third-order valence-corrected chi connectivity index (χ3v) is 3.64. The van der Waals surface area contributed by atoms with Gasteiger partial charge in [-0.3, -0.25) is 4.79 Å². The summed E-state index contributed by atoms with van der Waals surface area (Å²) in [5.74, 6) is 1.56. The zero-order chi connectivity index (χ0) is 13.0. The van der Waals surface area contributed by atoms with Gasteiger partial charge in [0.25, 0.3) is 0 Å². The molecule has 1 atom stereocenters. The molecule has 1 aromatic carbocycles. The molecule has 0 aliphatic carbocycles. The molecule has 0 aromatic heterocycles. The van der Waals surface area contributed by atoms with Crippen LogP contribution in [0.15, 0.2) is 24.3 Å². The molecule has 98 valence electrons. The second-order valence-corrected chi connectivity index (χ2v) is 5.20. The van der Waals surface area contributed by atoms with Crippen LogP contribution in [0.25, 0.3) is 0 Å². The lowest BCUT2D eigenvalue weighted by atomic mass is 10.1. The number of phenols is 1. The minimum atomic E-state index is 0.137. The van der Waals surface area contributed by atoms with Crippen molar-refractivity contribution in [3.63, 3.8) is 0 Å². The zero-order valence-corrected chi connectivity index (χ0v) is 11.1. The molecule has 0 saturated carbocycles. The number of halogens is 1. The van der Waals surface area contributed by atoms with E-state index < -0.39 is 0 Å². The van der Waals surface area contributed by atoms with Crippen molar-refractivity contribution in [3.05, 3.63) is 29.8 Å². The highest BCUT2D eigenvalue weighted by molar-refractivity contribution is 6.17. The van der Waals surface area contributed by atoms with Crippen molar-refractivity contribution in [2.24, 2.45) is 5.92 Å². The zero-order valence-electron chi connectivity index (χ0n) is 10.3. The van der Waals surface area contributed by atoms with Crippen LogP contribution in [0.5, 0.6) is 5.75 Å². The molecule has 1 heterocycles. The number of amides is 1. The van der Waals surface area contributed by atoms with E-state index in [9.17, 15) is 9.90 Å². The highest BCUT2D eigenvalue weighted by Gasteiger charge is 2.25. The molecule has 2 rings (SSSR count). The molecule has 1 N–H and O–H groups in total. The summed E-state index contributed by atoms with van der Waals surface area (Å²) >= 11 is 5.72. The summed E-state index contributed by atoms with van der Waals surface area (Å²) in [6, 6.07) is 6.88. The van der Waals surface area contributed by atoms with Gasteiger partial charge in [-0.2, -0.15) is 0 Å². The van der Waals surface area contributed by atoms with Gasteiger partial charge in [0.1, 0.15) is 5.75 Å². The van der Waals surface area contributed by atoms with Crippen LogP contribution in [0.1, 0.15) is 18.4 Å². The molecule has 1 unspecified atom stereocenters. The molecule has 0 radical (unpaired) electrons. The van der Waals surface area contributed by atoms with Gasteiger partial charge in [-0.1, -0.05) is 12.1 Å². The summed E-state index contributed by atoms with van der Waals surface area (Å²) in [5, 5.41) is 9.36. The van der Waals surface area contributed by atoms with E-state index in [1.54, 1.807) is 18.2 Å². The second-order valence-electron chi connectivity index (χ2n) is 4.82. The Balaban J connectivity index is 1.89. The number of phenolic OH excluding ortho intramolecular Hbond substituents is 1. The first-order chi connectivity index (χ1) is 8.69. The van der Waals surface area contributed by atoms with Crippen LogP contribution in [-0.2, 0) is 11.2 Å². The number of likely N-dealkylation sites (tertiary alicyclic amines) is 1.